The Hall–Kier alpha value is -3.68. The van der Waals surface area contributed by atoms with E-state index in [1.165, 1.54) is 4.90 Å². The van der Waals surface area contributed by atoms with Crippen molar-refractivity contribution in [3.63, 3.8) is 0 Å². The largest absolute Gasteiger partial charge is 0.391 e. The average molecular weight is 560 g/mol. The van der Waals surface area contributed by atoms with Crippen molar-refractivity contribution in [1.29, 1.82) is 0 Å². The van der Waals surface area contributed by atoms with Gasteiger partial charge in [-0.2, -0.15) is 13.2 Å². The van der Waals surface area contributed by atoms with Crippen molar-refractivity contribution >= 4 is 22.8 Å². The fourth-order valence-electron chi connectivity index (χ4n) is 4.58. The van der Waals surface area contributed by atoms with Crippen LogP contribution in [-0.4, -0.2) is 51.5 Å². The number of hydrogen-bond acceptors (Lipinski definition) is 5. The number of alkyl halides is 3. The lowest BCUT2D eigenvalue weighted by molar-refractivity contribution is -0.146. The number of anilines is 1. The molecule has 39 heavy (non-hydrogen) atoms. The molecule has 2 N–H and O–H groups in total. The van der Waals surface area contributed by atoms with Crippen LogP contribution in [0.1, 0.15) is 37.6 Å². The molecule has 3 heterocycles. The summed E-state index contributed by atoms with van der Waals surface area (Å²) in [5.41, 5.74) is -5.41. The van der Waals surface area contributed by atoms with Gasteiger partial charge in [-0.1, -0.05) is 6.92 Å². The molecule has 7 nitrogen and oxygen atoms in total. The average Bonchev–Trinajstić information content (AvgIpc) is 3.10. The van der Waals surface area contributed by atoms with Crippen LogP contribution in [-0.2, 0) is 0 Å². The second-order valence-electron chi connectivity index (χ2n) is 10.2. The highest BCUT2D eigenvalue weighted by atomic mass is 19.4. The number of aliphatic hydroxyl groups excluding tert-OH is 1. The van der Waals surface area contributed by atoms with Gasteiger partial charge in [0.15, 0.2) is 28.9 Å². The predicted molar refractivity (Wildman–Crippen MR) is 127 cm³/mol. The van der Waals surface area contributed by atoms with Crippen LogP contribution in [0, 0.1) is 29.2 Å². The van der Waals surface area contributed by atoms with Crippen LogP contribution in [0.4, 0.5) is 36.6 Å². The summed E-state index contributed by atoms with van der Waals surface area (Å²) in [7, 11) is 0. The number of rotatable bonds is 5. The summed E-state index contributed by atoms with van der Waals surface area (Å²) in [5, 5.41) is 11.5. The monoisotopic (exact) mass is 560 g/mol. The number of carbonyl (C=O) groups excluding carboxylic acids is 1. The van der Waals surface area contributed by atoms with Gasteiger partial charge in [0.2, 0.25) is 5.43 Å². The number of fused-ring (bicyclic) bond motifs is 1. The molecule has 1 aromatic carbocycles. The number of nitrogens with one attached hydrogen (secondary N) is 1. The number of aromatic nitrogens is 2. The molecule has 3 aromatic rings. The highest BCUT2D eigenvalue weighted by Gasteiger charge is 2.38. The summed E-state index contributed by atoms with van der Waals surface area (Å²) in [5.74, 6) is -7.20. The Morgan fingerprint density at radius 3 is 2.23 bits per heavy atom. The Kier molecular flexibility index (Phi) is 7.13. The molecule has 0 unspecified atom stereocenters. The first-order chi connectivity index (χ1) is 18.0. The van der Waals surface area contributed by atoms with Crippen LogP contribution in [0.15, 0.2) is 29.2 Å². The van der Waals surface area contributed by atoms with Gasteiger partial charge in [0.05, 0.1) is 17.9 Å². The van der Waals surface area contributed by atoms with Crippen LogP contribution in [0.2, 0.25) is 0 Å². The van der Waals surface area contributed by atoms with Gasteiger partial charge in [-0.25, -0.2) is 22.5 Å². The van der Waals surface area contributed by atoms with E-state index in [1.807, 2.05) is 0 Å². The third-order valence-corrected chi connectivity index (χ3v) is 6.35. The van der Waals surface area contributed by atoms with Crippen molar-refractivity contribution in [3.8, 4) is 5.69 Å². The molecule has 1 aliphatic rings. The van der Waals surface area contributed by atoms with Gasteiger partial charge >= 0.3 is 6.18 Å². The number of pyridine rings is 2. The molecular formula is C25H23F7N4O3. The summed E-state index contributed by atoms with van der Waals surface area (Å²) < 4.78 is 98.0. The highest BCUT2D eigenvalue weighted by molar-refractivity contribution is 5.97. The van der Waals surface area contributed by atoms with E-state index < -0.39 is 81.1 Å². The Bertz CT molecular complexity index is 1490. The summed E-state index contributed by atoms with van der Waals surface area (Å²) in [4.78, 5) is 31.6. The van der Waals surface area contributed by atoms with E-state index in [1.54, 1.807) is 6.92 Å². The first kappa shape index (κ1) is 28.3. The van der Waals surface area contributed by atoms with Crippen molar-refractivity contribution in [2.24, 2.45) is 5.92 Å². The molecule has 0 aliphatic carbocycles. The molecule has 0 bridgehead atoms. The first-order valence-electron chi connectivity index (χ1n) is 11.7. The van der Waals surface area contributed by atoms with Crippen molar-refractivity contribution in [2.75, 3.05) is 18.0 Å². The van der Waals surface area contributed by atoms with Gasteiger partial charge in [0.1, 0.15) is 17.1 Å². The minimum atomic E-state index is -4.68. The SMILES string of the molecule is C[C@@H]1CN(c2nc3c(cc2F)c(=O)c(C(=O)NC(C)(C)CC(F)(F)F)cn3-c2c(F)cc(F)cc2F)C[C@H]1O. The van der Waals surface area contributed by atoms with Crippen LogP contribution in [0.25, 0.3) is 16.7 Å². The summed E-state index contributed by atoms with van der Waals surface area (Å²) in [6.07, 6.45) is -6.32. The lowest BCUT2D eigenvalue weighted by Crippen LogP contribution is -2.47. The van der Waals surface area contributed by atoms with Crippen LogP contribution in [0.5, 0.6) is 0 Å². The molecule has 1 aliphatic heterocycles. The van der Waals surface area contributed by atoms with Gasteiger partial charge in [0.25, 0.3) is 5.91 Å². The summed E-state index contributed by atoms with van der Waals surface area (Å²) in [6, 6.07) is 1.35. The molecule has 1 amide bonds. The van der Waals surface area contributed by atoms with E-state index in [2.05, 4.69) is 10.3 Å². The molecule has 14 heteroatoms. The van der Waals surface area contributed by atoms with Gasteiger partial charge in [0, 0.05) is 42.9 Å². The van der Waals surface area contributed by atoms with E-state index in [0.717, 1.165) is 13.8 Å². The molecule has 0 spiro atoms. The van der Waals surface area contributed by atoms with Crippen LogP contribution < -0.4 is 15.6 Å². The number of carbonyl (C=O) groups is 1. The second kappa shape index (κ2) is 9.81. The van der Waals surface area contributed by atoms with Crippen molar-refractivity contribution in [3.05, 3.63) is 63.5 Å². The van der Waals surface area contributed by atoms with E-state index in [-0.39, 0.29) is 24.8 Å². The molecule has 0 saturated carbocycles. The number of hydrogen-bond donors (Lipinski definition) is 2. The van der Waals surface area contributed by atoms with E-state index >= 15 is 4.39 Å². The topological polar surface area (TPSA) is 87.5 Å². The zero-order valence-electron chi connectivity index (χ0n) is 20.8. The molecule has 2 atom stereocenters. The number of amides is 1. The fraction of sp³-hybridized carbons (Fsp3) is 0.400. The van der Waals surface area contributed by atoms with E-state index in [0.29, 0.717) is 29.0 Å². The maximum atomic E-state index is 15.2. The number of nitrogens with zero attached hydrogens (tertiary/aromatic N) is 3. The standard InChI is InChI=1S/C25H23F7N4O3/c1-11-7-35(9-18(11)37)22-17(29)6-13-20(38)14(23(39)34-24(2,3)10-25(30,31)32)8-36(21(13)33-22)19-15(27)4-12(26)5-16(19)28/h4-6,8,11,18,37H,7,9-10H2,1-3H3,(H,34,39)/t11-,18-/m1/s1. The summed E-state index contributed by atoms with van der Waals surface area (Å²) in [6.45, 7) is 3.93. The summed E-state index contributed by atoms with van der Waals surface area (Å²) >= 11 is 0. The molecule has 4 rings (SSSR count). The highest BCUT2D eigenvalue weighted by Crippen LogP contribution is 2.30. The van der Waals surface area contributed by atoms with Crippen molar-refractivity contribution in [2.45, 2.75) is 45.0 Å². The predicted octanol–water partition coefficient (Wildman–Crippen LogP) is 4.22. The van der Waals surface area contributed by atoms with E-state index in [4.69, 9.17) is 0 Å². The molecule has 2 aromatic heterocycles. The molecular weight excluding hydrogens is 537 g/mol. The maximum absolute atomic E-state index is 15.2. The normalized spacial score (nSPS) is 18.2. The zero-order chi connectivity index (χ0) is 29.0. The Morgan fingerprint density at radius 2 is 1.69 bits per heavy atom. The fourth-order valence-corrected chi connectivity index (χ4v) is 4.58. The lowest BCUT2D eigenvalue weighted by Gasteiger charge is -2.27. The third kappa shape index (κ3) is 5.70. The molecule has 0 radical (unpaired) electrons. The van der Waals surface area contributed by atoms with Gasteiger partial charge in [-0.15, -0.1) is 0 Å². The Morgan fingerprint density at radius 1 is 1.08 bits per heavy atom. The third-order valence-electron chi connectivity index (χ3n) is 6.35. The number of benzene rings is 1. The molecule has 210 valence electrons. The molecule has 1 saturated heterocycles. The minimum absolute atomic E-state index is 0.0329. The van der Waals surface area contributed by atoms with Crippen molar-refractivity contribution < 1.29 is 40.6 Å². The maximum Gasteiger partial charge on any atom is 0.391 e. The number of halogens is 7. The van der Waals surface area contributed by atoms with Crippen molar-refractivity contribution in [1.82, 2.24) is 14.9 Å². The van der Waals surface area contributed by atoms with E-state index in [9.17, 15) is 41.0 Å². The second-order valence-corrected chi connectivity index (χ2v) is 10.2. The van der Waals surface area contributed by atoms with Crippen LogP contribution >= 0.6 is 0 Å². The van der Waals surface area contributed by atoms with Gasteiger partial charge in [-0.05, 0) is 19.9 Å². The zero-order valence-corrected chi connectivity index (χ0v) is 20.8. The Balaban J connectivity index is 1.96. The molecule has 1 fully saturated rings. The minimum Gasteiger partial charge on any atom is -0.391 e. The smallest absolute Gasteiger partial charge is 0.391 e. The first-order valence-corrected chi connectivity index (χ1v) is 11.7. The Labute approximate surface area is 216 Å². The number of β-amino-alcohol motifs (C(OH)–C–C–N with tert-alkyl or cyclic N) is 1. The lowest BCUT2D eigenvalue weighted by atomic mass is 9.99. The van der Waals surface area contributed by atoms with Gasteiger partial charge < -0.3 is 15.3 Å². The van der Waals surface area contributed by atoms with Crippen LogP contribution in [0.3, 0.4) is 0 Å². The number of aliphatic hydroxyl groups is 1. The van der Waals surface area contributed by atoms with Gasteiger partial charge in [-0.3, -0.25) is 14.2 Å². The quantitative estimate of drug-likeness (QED) is 0.457.